The number of hydrogen-bond acceptors (Lipinski definition) is 3. The van der Waals surface area contributed by atoms with Gasteiger partial charge in [0.15, 0.2) is 0 Å². The molecule has 126 valence electrons. The Morgan fingerprint density at radius 1 is 1.00 bits per heavy atom. The number of furan rings is 1. The molecule has 0 amide bonds. The van der Waals surface area contributed by atoms with Crippen LogP contribution in [0.1, 0.15) is 30.9 Å². The average molecular weight is 332 g/mol. The van der Waals surface area contributed by atoms with Crippen LogP contribution < -0.4 is 5.63 Å². The summed E-state index contributed by atoms with van der Waals surface area (Å²) >= 11 is 0. The maximum absolute atomic E-state index is 12.0. The molecule has 4 aromatic rings. The standard InChI is InChI=1S/C22H20O3/c1-3-4-8-16-11-20(23)25-22-14(2)21-18(12-17(16)22)19(13-24-21)15-9-6-5-7-10-15/h5-7,9-13H,3-4,8H2,1-2H3. The summed E-state index contributed by atoms with van der Waals surface area (Å²) < 4.78 is 11.4. The van der Waals surface area contributed by atoms with Gasteiger partial charge in [0.05, 0.1) is 6.26 Å². The Balaban J connectivity index is 2.04. The molecule has 4 rings (SSSR count). The molecule has 0 spiro atoms. The van der Waals surface area contributed by atoms with E-state index in [0.29, 0.717) is 5.58 Å². The first kappa shape index (κ1) is 15.7. The molecule has 0 radical (unpaired) electrons. The summed E-state index contributed by atoms with van der Waals surface area (Å²) in [5.41, 5.74) is 5.24. The third-order valence-corrected chi connectivity index (χ3v) is 4.77. The number of hydrogen-bond donors (Lipinski definition) is 0. The van der Waals surface area contributed by atoms with Crippen LogP contribution in [0.3, 0.4) is 0 Å². The zero-order valence-electron chi connectivity index (χ0n) is 14.5. The minimum atomic E-state index is -0.295. The molecule has 2 aromatic heterocycles. The Bertz CT molecular complexity index is 1100. The number of aryl methyl sites for hydroxylation is 2. The van der Waals surface area contributed by atoms with Crippen LogP contribution in [0, 0.1) is 6.92 Å². The molecule has 2 heterocycles. The van der Waals surface area contributed by atoms with E-state index in [4.69, 9.17) is 8.83 Å². The van der Waals surface area contributed by atoms with Crippen molar-refractivity contribution in [3.05, 3.63) is 70.3 Å². The lowest BCUT2D eigenvalue weighted by atomic mass is 9.97. The fourth-order valence-corrected chi connectivity index (χ4v) is 3.45. The Morgan fingerprint density at radius 2 is 1.80 bits per heavy atom. The highest BCUT2D eigenvalue weighted by Crippen LogP contribution is 2.36. The van der Waals surface area contributed by atoms with Crippen molar-refractivity contribution >= 4 is 21.9 Å². The van der Waals surface area contributed by atoms with Crippen molar-refractivity contribution in [2.24, 2.45) is 0 Å². The van der Waals surface area contributed by atoms with Crippen LogP contribution in [-0.4, -0.2) is 0 Å². The van der Waals surface area contributed by atoms with Crippen molar-refractivity contribution in [3.8, 4) is 11.1 Å². The first-order valence-electron chi connectivity index (χ1n) is 8.72. The Morgan fingerprint density at radius 3 is 2.56 bits per heavy atom. The average Bonchev–Trinajstić information content (AvgIpc) is 3.05. The minimum absolute atomic E-state index is 0.295. The monoisotopic (exact) mass is 332 g/mol. The Hall–Kier alpha value is -2.81. The molecule has 2 aromatic carbocycles. The van der Waals surface area contributed by atoms with Gasteiger partial charge in [-0.2, -0.15) is 0 Å². The van der Waals surface area contributed by atoms with Crippen LogP contribution in [-0.2, 0) is 6.42 Å². The molecule has 0 bridgehead atoms. The molecular formula is C22H20O3. The zero-order chi connectivity index (χ0) is 17.4. The van der Waals surface area contributed by atoms with Gasteiger partial charge in [-0.25, -0.2) is 4.79 Å². The molecule has 0 aliphatic heterocycles. The minimum Gasteiger partial charge on any atom is -0.463 e. The summed E-state index contributed by atoms with van der Waals surface area (Å²) in [6.07, 6.45) is 4.80. The second-order valence-corrected chi connectivity index (χ2v) is 6.46. The van der Waals surface area contributed by atoms with Crippen molar-refractivity contribution < 1.29 is 8.83 Å². The van der Waals surface area contributed by atoms with Gasteiger partial charge < -0.3 is 8.83 Å². The van der Waals surface area contributed by atoms with Crippen molar-refractivity contribution in [1.82, 2.24) is 0 Å². The summed E-state index contributed by atoms with van der Waals surface area (Å²) in [5, 5.41) is 2.07. The highest BCUT2D eigenvalue weighted by Gasteiger charge is 2.16. The lowest BCUT2D eigenvalue weighted by Gasteiger charge is -2.08. The van der Waals surface area contributed by atoms with Gasteiger partial charge >= 0.3 is 5.63 Å². The largest absolute Gasteiger partial charge is 0.463 e. The first-order valence-corrected chi connectivity index (χ1v) is 8.72. The van der Waals surface area contributed by atoms with E-state index in [1.165, 1.54) is 0 Å². The van der Waals surface area contributed by atoms with E-state index >= 15 is 0 Å². The molecule has 0 atom stereocenters. The highest BCUT2D eigenvalue weighted by molar-refractivity contribution is 6.04. The molecule has 0 saturated heterocycles. The molecule has 0 aliphatic rings. The Labute approximate surface area is 145 Å². The van der Waals surface area contributed by atoms with Crippen LogP contribution in [0.25, 0.3) is 33.1 Å². The van der Waals surface area contributed by atoms with Gasteiger partial charge in [0.1, 0.15) is 11.2 Å². The first-order chi connectivity index (χ1) is 12.2. The number of rotatable bonds is 4. The van der Waals surface area contributed by atoms with Crippen molar-refractivity contribution in [1.29, 1.82) is 0 Å². The predicted octanol–water partition coefficient (Wildman–Crippen LogP) is 5.86. The van der Waals surface area contributed by atoms with Gasteiger partial charge in [0.25, 0.3) is 0 Å². The lowest BCUT2D eigenvalue weighted by Crippen LogP contribution is -2.02. The van der Waals surface area contributed by atoms with Gasteiger partial charge in [0, 0.05) is 28.0 Å². The van der Waals surface area contributed by atoms with E-state index in [-0.39, 0.29) is 5.63 Å². The molecule has 0 unspecified atom stereocenters. The summed E-state index contributed by atoms with van der Waals surface area (Å²) in [4.78, 5) is 12.0. The van der Waals surface area contributed by atoms with Gasteiger partial charge in [-0.15, -0.1) is 0 Å². The van der Waals surface area contributed by atoms with Gasteiger partial charge in [-0.1, -0.05) is 43.7 Å². The van der Waals surface area contributed by atoms with Gasteiger partial charge in [0.2, 0.25) is 0 Å². The van der Waals surface area contributed by atoms with E-state index in [2.05, 4.69) is 25.1 Å². The van der Waals surface area contributed by atoms with Crippen LogP contribution in [0.5, 0.6) is 0 Å². The fraction of sp³-hybridized carbons (Fsp3) is 0.227. The molecule has 0 saturated carbocycles. The topological polar surface area (TPSA) is 43.4 Å². The normalized spacial score (nSPS) is 11.4. The molecular weight excluding hydrogens is 312 g/mol. The van der Waals surface area contributed by atoms with E-state index in [1.54, 1.807) is 12.3 Å². The van der Waals surface area contributed by atoms with Crippen molar-refractivity contribution in [3.63, 3.8) is 0 Å². The number of benzene rings is 2. The zero-order valence-corrected chi connectivity index (χ0v) is 14.5. The fourth-order valence-electron chi connectivity index (χ4n) is 3.45. The van der Waals surface area contributed by atoms with E-state index in [9.17, 15) is 4.79 Å². The third-order valence-electron chi connectivity index (χ3n) is 4.77. The number of fused-ring (bicyclic) bond motifs is 2. The van der Waals surface area contributed by atoms with Crippen LogP contribution in [0.15, 0.2) is 62.4 Å². The SMILES string of the molecule is CCCCc1cc(=O)oc2c(C)c3occ(-c4ccccc4)c3cc12. The van der Waals surface area contributed by atoms with Gasteiger partial charge in [-0.05, 0) is 37.0 Å². The molecule has 3 heteroatoms. The second kappa shape index (κ2) is 6.25. The van der Waals surface area contributed by atoms with Crippen LogP contribution in [0.2, 0.25) is 0 Å². The summed E-state index contributed by atoms with van der Waals surface area (Å²) in [6.45, 7) is 4.11. The summed E-state index contributed by atoms with van der Waals surface area (Å²) in [6, 6.07) is 13.9. The quantitative estimate of drug-likeness (QED) is 0.440. The molecule has 3 nitrogen and oxygen atoms in total. The molecule has 0 aliphatic carbocycles. The smallest absolute Gasteiger partial charge is 0.336 e. The van der Waals surface area contributed by atoms with E-state index in [0.717, 1.165) is 57.9 Å². The van der Waals surface area contributed by atoms with Gasteiger partial charge in [-0.3, -0.25) is 0 Å². The van der Waals surface area contributed by atoms with Crippen LogP contribution in [0.4, 0.5) is 0 Å². The highest BCUT2D eigenvalue weighted by atomic mass is 16.4. The molecule has 25 heavy (non-hydrogen) atoms. The summed E-state index contributed by atoms with van der Waals surface area (Å²) in [7, 11) is 0. The molecule has 0 N–H and O–H groups in total. The Kier molecular flexibility index (Phi) is 3.92. The van der Waals surface area contributed by atoms with Crippen LogP contribution >= 0.6 is 0 Å². The lowest BCUT2D eigenvalue weighted by molar-refractivity contribution is 0.553. The number of unbranched alkanes of at least 4 members (excludes halogenated alkanes) is 1. The van der Waals surface area contributed by atoms with Crippen molar-refractivity contribution in [2.75, 3.05) is 0 Å². The maximum atomic E-state index is 12.0. The predicted molar refractivity (Wildman–Crippen MR) is 101 cm³/mol. The maximum Gasteiger partial charge on any atom is 0.336 e. The van der Waals surface area contributed by atoms with E-state index in [1.807, 2.05) is 25.1 Å². The van der Waals surface area contributed by atoms with E-state index < -0.39 is 0 Å². The third kappa shape index (κ3) is 2.66. The molecule has 0 fully saturated rings. The van der Waals surface area contributed by atoms with Crippen molar-refractivity contribution in [2.45, 2.75) is 33.1 Å². The summed E-state index contributed by atoms with van der Waals surface area (Å²) in [5.74, 6) is 0. The second-order valence-electron chi connectivity index (χ2n) is 6.46.